The van der Waals surface area contributed by atoms with Gasteiger partial charge in [-0.2, -0.15) is 0 Å². The summed E-state index contributed by atoms with van der Waals surface area (Å²) in [6.45, 7) is 6.34. The van der Waals surface area contributed by atoms with Crippen LogP contribution in [0.15, 0.2) is 60.8 Å². The van der Waals surface area contributed by atoms with E-state index in [1.165, 1.54) is 89.9 Å². The summed E-state index contributed by atoms with van der Waals surface area (Å²) in [5.41, 5.74) is 0. The van der Waals surface area contributed by atoms with Crippen molar-refractivity contribution in [3.05, 3.63) is 60.8 Å². The Balaban J connectivity index is 4.62. The summed E-state index contributed by atoms with van der Waals surface area (Å²) in [5.74, 6) is -0.514. The summed E-state index contributed by atoms with van der Waals surface area (Å²) in [7, 11) is 0. The fourth-order valence-electron chi connectivity index (χ4n) is 7.49. The molecule has 3 atom stereocenters. The number of ether oxygens (including phenoxy) is 1. The molecule has 0 aliphatic heterocycles. The van der Waals surface area contributed by atoms with Gasteiger partial charge in [0.25, 0.3) is 0 Å². The molecule has 0 saturated heterocycles. The van der Waals surface area contributed by atoms with Gasteiger partial charge in [-0.3, -0.25) is 9.59 Å². The summed E-state index contributed by atoms with van der Waals surface area (Å²) in [5, 5.41) is 23.7. The van der Waals surface area contributed by atoms with Crippen molar-refractivity contribution in [2.24, 2.45) is 0 Å². The molecule has 0 spiro atoms. The quantitative estimate of drug-likeness (QED) is 0.0246. The molecule has 0 aliphatic carbocycles. The lowest BCUT2D eigenvalue weighted by molar-refractivity contribution is -0.151. The molecule has 0 aliphatic rings. The second-order valence-corrected chi connectivity index (χ2v) is 17.2. The van der Waals surface area contributed by atoms with Gasteiger partial charge in [-0.15, -0.1) is 0 Å². The van der Waals surface area contributed by atoms with Gasteiger partial charge in [-0.25, -0.2) is 0 Å². The Morgan fingerprint density at radius 3 is 1.47 bits per heavy atom. The highest BCUT2D eigenvalue weighted by Crippen LogP contribution is 2.17. The third kappa shape index (κ3) is 42.3. The fourth-order valence-corrected chi connectivity index (χ4v) is 7.49. The molecule has 0 aromatic heterocycles. The van der Waals surface area contributed by atoms with Crippen LogP contribution in [0.2, 0.25) is 0 Å². The lowest BCUT2D eigenvalue weighted by Gasteiger charge is -2.24. The molecule has 0 fully saturated rings. The molecular weight excluding hydrogens is 743 g/mol. The first-order valence-corrected chi connectivity index (χ1v) is 25.5. The third-order valence-corrected chi connectivity index (χ3v) is 11.4. The van der Waals surface area contributed by atoms with E-state index in [-0.39, 0.29) is 24.9 Å². The molecule has 6 heteroatoms. The number of carbonyl (C=O) groups excluding carboxylic acids is 2. The van der Waals surface area contributed by atoms with Crippen molar-refractivity contribution in [2.75, 3.05) is 6.61 Å². The van der Waals surface area contributed by atoms with Crippen LogP contribution in [0, 0.1) is 0 Å². The molecule has 1 amide bonds. The number of amides is 1. The molecule has 0 radical (unpaired) electrons. The summed E-state index contributed by atoms with van der Waals surface area (Å²) in [4.78, 5) is 26.1. The lowest BCUT2D eigenvalue weighted by Crippen LogP contribution is -2.46. The standard InChI is InChI=1S/C54H97NO5/c1-4-7-10-13-16-19-21-23-25-26-27-28-30-32-35-38-41-44-47-54(59)60-50(45-42-39-36-34-31-29-24-22-20-17-14-11-8-5-2)48-53(58)55-51(49-56)52(57)46-43-40-37-33-18-15-12-9-6-3/h8,11,17,20,24-29,50-52,56-57H,4-7,9-10,12-16,18-19,21-23,30-49H2,1-3H3,(H,55,58)/b11-8+,20-17+,26-25+,28-27+,29-24+. The summed E-state index contributed by atoms with van der Waals surface area (Å²) in [6.07, 6.45) is 58.6. The highest BCUT2D eigenvalue weighted by Gasteiger charge is 2.24. The van der Waals surface area contributed by atoms with E-state index in [9.17, 15) is 19.8 Å². The zero-order valence-electron chi connectivity index (χ0n) is 39.6. The van der Waals surface area contributed by atoms with Crippen molar-refractivity contribution < 1.29 is 24.5 Å². The minimum atomic E-state index is -0.796. The van der Waals surface area contributed by atoms with Crippen LogP contribution < -0.4 is 5.32 Å². The first-order valence-electron chi connectivity index (χ1n) is 25.5. The maximum absolute atomic E-state index is 13.2. The van der Waals surface area contributed by atoms with Gasteiger partial charge in [0, 0.05) is 6.42 Å². The Morgan fingerprint density at radius 1 is 0.517 bits per heavy atom. The molecule has 3 unspecified atom stereocenters. The molecule has 0 aromatic rings. The van der Waals surface area contributed by atoms with Crippen LogP contribution in [0.5, 0.6) is 0 Å². The van der Waals surface area contributed by atoms with Gasteiger partial charge in [0.2, 0.25) is 5.91 Å². The third-order valence-electron chi connectivity index (χ3n) is 11.4. The van der Waals surface area contributed by atoms with Crippen LogP contribution in [-0.4, -0.2) is 46.9 Å². The molecule has 0 bridgehead atoms. The van der Waals surface area contributed by atoms with Gasteiger partial charge < -0.3 is 20.3 Å². The number of aliphatic hydroxyl groups is 2. The van der Waals surface area contributed by atoms with Crippen LogP contribution in [-0.2, 0) is 14.3 Å². The number of nitrogens with one attached hydrogen (secondary N) is 1. The molecular formula is C54H97NO5. The van der Waals surface area contributed by atoms with Crippen LogP contribution >= 0.6 is 0 Å². The van der Waals surface area contributed by atoms with Crippen LogP contribution in [0.3, 0.4) is 0 Å². The number of allylic oxidation sites excluding steroid dienone is 10. The number of hydrogen-bond acceptors (Lipinski definition) is 5. The van der Waals surface area contributed by atoms with E-state index in [0.29, 0.717) is 19.3 Å². The normalized spacial score (nSPS) is 13.8. The molecule has 0 heterocycles. The van der Waals surface area contributed by atoms with Crippen molar-refractivity contribution in [2.45, 2.75) is 264 Å². The van der Waals surface area contributed by atoms with Gasteiger partial charge in [0.05, 0.1) is 25.2 Å². The zero-order chi connectivity index (χ0) is 43.8. The largest absolute Gasteiger partial charge is 0.462 e. The fraction of sp³-hybridized carbons (Fsp3) is 0.778. The number of carbonyl (C=O) groups is 2. The van der Waals surface area contributed by atoms with E-state index >= 15 is 0 Å². The maximum Gasteiger partial charge on any atom is 0.306 e. The van der Waals surface area contributed by atoms with Crippen molar-refractivity contribution in [3.8, 4) is 0 Å². The number of hydrogen-bond donors (Lipinski definition) is 3. The molecule has 6 nitrogen and oxygen atoms in total. The Labute approximate surface area is 371 Å². The van der Waals surface area contributed by atoms with Gasteiger partial charge in [0.15, 0.2) is 0 Å². The number of aliphatic hydroxyl groups excluding tert-OH is 2. The Kier molecular flexibility index (Phi) is 45.7. The first-order chi connectivity index (χ1) is 29.5. The average Bonchev–Trinajstić information content (AvgIpc) is 3.24. The molecule has 0 aromatic carbocycles. The van der Waals surface area contributed by atoms with Gasteiger partial charge >= 0.3 is 5.97 Å². The van der Waals surface area contributed by atoms with E-state index in [2.05, 4.69) is 86.8 Å². The predicted molar refractivity (Wildman–Crippen MR) is 259 cm³/mol. The summed E-state index contributed by atoms with van der Waals surface area (Å²) >= 11 is 0. The number of rotatable bonds is 45. The van der Waals surface area contributed by atoms with Gasteiger partial charge in [-0.1, -0.05) is 210 Å². The summed E-state index contributed by atoms with van der Waals surface area (Å²) < 4.78 is 5.91. The second-order valence-electron chi connectivity index (χ2n) is 17.2. The lowest BCUT2D eigenvalue weighted by atomic mass is 10.0. The van der Waals surface area contributed by atoms with Crippen molar-refractivity contribution in [3.63, 3.8) is 0 Å². The monoisotopic (exact) mass is 840 g/mol. The van der Waals surface area contributed by atoms with E-state index in [1.807, 2.05) is 0 Å². The average molecular weight is 840 g/mol. The number of esters is 1. The van der Waals surface area contributed by atoms with E-state index in [1.54, 1.807) is 0 Å². The maximum atomic E-state index is 13.2. The van der Waals surface area contributed by atoms with Crippen molar-refractivity contribution in [1.29, 1.82) is 0 Å². The van der Waals surface area contributed by atoms with Crippen molar-refractivity contribution in [1.82, 2.24) is 5.32 Å². The Hall–Kier alpha value is -2.44. The smallest absolute Gasteiger partial charge is 0.306 e. The molecule has 60 heavy (non-hydrogen) atoms. The zero-order valence-corrected chi connectivity index (χ0v) is 39.6. The topological polar surface area (TPSA) is 95.9 Å². The molecule has 0 saturated carbocycles. The van der Waals surface area contributed by atoms with Crippen molar-refractivity contribution >= 4 is 11.9 Å². The van der Waals surface area contributed by atoms with Crippen LogP contribution in [0.4, 0.5) is 0 Å². The van der Waals surface area contributed by atoms with E-state index < -0.39 is 18.2 Å². The van der Waals surface area contributed by atoms with E-state index in [0.717, 1.165) is 109 Å². The minimum Gasteiger partial charge on any atom is -0.462 e. The highest BCUT2D eigenvalue weighted by molar-refractivity contribution is 5.77. The summed E-state index contributed by atoms with van der Waals surface area (Å²) in [6, 6.07) is -0.712. The molecule has 348 valence electrons. The van der Waals surface area contributed by atoms with Gasteiger partial charge in [-0.05, 0) is 83.5 Å². The Bertz CT molecular complexity index is 1080. The van der Waals surface area contributed by atoms with Gasteiger partial charge in [0.1, 0.15) is 6.10 Å². The highest BCUT2D eigenvalue weighted by atomic mass is 16.5. The van der Waals surface area contributed by atoms with Crippen LogP contribution in [0.1, 0.15) is 245 Å². The number of unbranched alkanes of at least 4 members (excludes halogenated alkanes) is 24. The van der Waals surface area contributed by atoms with E-state index in [4.69, 9.17) is 4.74 Å². The minimum absolute atomic E-state index is 0.0549. The molecule has 3 N–H and O–H groups in total. The van der Waals surface area contributed by atoms with Crippen LogP contribution in [0.25, 0.3) is 0 Å². The SMILES string of the molecule is CC/C=C/C/C=C/C/C=C/CCCCCCC(CC(=O)NC(CO)C(O)CCCCCCCCCCC)OC(=O)CCCCCCC/C=C/C=C/CCCCCCCCC. The first kappa shape index (κ1) is 57.6. The predicted octanol–water partition coefficient (Wildman–Crippen LogP) is 15.2. The molecule has 0 rings (SSSR count). The Morgan fingerprint density at radius 2 is 0.950 bits per heavy atom. The second kappa shape index (κ2) is 47.6.